The molecule has 1 fully saturated rings. The zero-order valence-electron chi connectivity index (χ0n) is 17.8. The van der Waals surface area contributed by atoms with Crippen LogP contribution in [0.2, 0.25) is 5.02 Å². The number of benzene rings is 3. The quantitative estimate of drug-likeness (QED) is 0.369. The summed E-state index contributed by atoms with van der Waals surface area (Å²) in [4.78, 5) is 10.8. The Balaban J connectivity index is 1.38. The summed E-state index contributed by atoms with van der Waals surface area (Å²) in [5.41, 5.74) is 14.2. The molecule has 3 aromatic carbocycles. The second-order valence-corrected chi connectivity index (χ2v) is 9.27. The van der Waals surface area contributed by atoms with Crippen molar-refractivity contribution in [2.75, 3.05) is 5.73 Å². The maximum Gasteiger partial charge on any atom is 0.139 e. The van der Waals surface area contributed by atoms with Crippen molar-refractivity contribution in [1.29, 1.82) is 0 Å². The van der Waals surface area contributed by atoms with Crippen molar-refractivity contribution >= 4 is 17.3 Å². The van der Waals surface area contributed by atoms with Gasteiger partial charge in [0.05, 0.1) is 16.9 Å². The number of nitrogens with zero attached hydrogens (tertiary/aromatic N) is 2. The third-order valence-electron chi connectivity index (χ3n) is 6.77. The predicted molar refractivity (Wildman–Crippen MR) is 130 cm³/mol. The fourth-order valence-corrected chi connectivity index (χ4v) is 5.13. The lowest BCUT2D eigenvalue weighted by atomic mass is 9.88. The van der Waals surface area contributed by atoms with E-state index in [4.69, 9.17) is 17.3 Å². The highest BCUT2D eigenvalue weighted by Gasteiger charge is 2.38. The summed E-state index contributed by atoms with van der Waals surface area (Å²) >= 11 is 6.65. The molecular weight excluding hydrogens is 416 g/mol. The topological polar surface area (TPSA) is 57.9 Å². The summed E-state index contributed by atoms with van der Waals surface area (Å²) in [7, 11) is 0. The lowest BCUT2D eigenvalue weighted by Crippen LogP contribution is -2.36. The van der Waals surface area contributed by atoms with Crippen LogP contribution in [0, 0.1) is 0 Å². The number of aromatic amines is 1. The van der Waals surface area contributed by atoms with E-state index >= 15 is 0 Å². The van der Waals surface area contributed by atoms with Crippen LogP contribution < -0.4 is 5.73 Å². The number of halogens is 1. The second-order valence-electron chi connectivity index (χ2n) is 8.86. The molecule has 2 heterocycles. The zero-order valence-corrected chi connectivity index (χ0v) is 18.5. The molecule has 2 aliphatic rings. The normalized spacial score (nSPS) is 18.5. The highest BCUT2D eigenvalue weighted by atomic mass is 35.5. The minimum Gasteiger partial charge on any atom is -0.398 e. The van der Waals surface area contributed by atoms with E-state index < -0.39 is 0 Å². The molecule has 0 amide bonds. The van der Waals surface area contributed by atoms with Gasteiger partial charge in [0.25, 0.3) is 0 Å². The molecule has 0 radical (unpaired) electrons. The van der Waals surface area contributed by atoms with Gasteiger partial charge >= 0.3 is 0 Å². The highest BCUT2D eigenvalue weighted by Crippen LogP contribution is 2.43. The molecule has 160 valence electrons. The summed E-state index contributed by atoms with van der Waals surface area (Å²) in [6.45, 7) is 0.951. The van der Waals surface area contributed by atoms with Gasteiger partial charge in [-0.15, -0.1) is 0 Å². The van der Waals surface area contributed by atoms with Gasteiger partial charge < -0.3 is 10.7 Å². The minimum absolute atomic E-state index is 0.291. The van der Waals surface area contributed by atoms with Crippen LogP contribution in [0.3, 0.4) is 0 Å². The Kier molecular flexibility index (Phi) is 4.78. The molecule has 0 spiro atoms. The molecule has 4 nitrogen and oxygen atoms in total. The van der Waals surface area contributed by atoms with Crippen LogP contribution >= 0.6 is 11.6 Å². The number of rotatable bonds is 4. The summed E-state index contributed by atoms with van der Waals surface area (Å²) in [5.74, 6) is 0.796. The molecule has 0 saturated heterocycles. The van der Waals surface area contributed by atoms with Gasteiger partial charge in [-0.2, -0.15) is 0 Å². The van der Waals surface area contributed by atoms with Crippen LogP contribution in [0.5, 0.6) is 0 Å². The molecule has 1 aromatic heterocycles. The maximum absolute atomic E-state index is 6.65. The number of nitrogens with two attached hydrogens (primary N) is 1. The van der Waals surface area contributed by atoms with E-state index in [2.05, 4.69) is 51.3 Å². The Hall–Kier alpha value is -3.08. The Bertz CT molecular complexity index is 1280. The van der Waals surface area contributed by atoms with Crippen molar-refractivity contribution in [3.63, 3.8) is 0 Å². The van der Waals surface area contributed by atoms with Crippen molar-refractivity contribution in [2.45, 2.75) is 37.9 Å². The van der Waals surface area contributed by atoms with E-state index in [1.54, 1.807) is 0 Å². The molecule has 3 N–H and O–H groups in total. The van der Waals surface area contributed by atoms with Gasteiger partial charge in [0.15, 0.2) is 0 Å². The van der Waals surface area contributed by atoms with Crippen LogP contribution in [0.15, 0.2) is 72.9 Å². The smallest absolute Gasteiger partial charge is 0.139 e. The van der Waals surface area contributed by atoms with Gasteiger partial charge in [-0.25, -0.2) is 4.98 Å². The maximum atomic E-state index is 6.65. The zero-order chi connectivity index (χ0) is 21.7. The number of nitrogens with one attached hydrogen (secondary N) is 1. The van der Waals surface area contributed by atoms with Crippen LogP contribution in [-0.4, -0.2) is 20.9 Å². The van der Waals surface area contributed by atoms with Gasteiger partial charge in [-0.1, -0.05) is 60.1 Å². The van der Waals surface area contributed by atoms with E-state index in [1.807, 2.05) is 36.5 Å². The average molecular weight is 441 g/mol. The fraction of sp³-hybridized carbons (Fsp3) is 0.222. The van der Waals surface area contributed by atoms with Crippen LogP contribution in [0.25, 0.3) is 22.6 Å². The first-order valence-corrected chi connectivity index (χ1v) is 11.6. The second kappa shape index (κ2) is 7.80. The van der Waals surface area contributed by atoms with Crippen molar-refractivity contribution in [3.8, 4) is 22.6 Å². The fourth-order valence-electron chi connectivity index (χ4n) is 4.92. The number of hydrogen-bond acceptors (Lipinski definition) is 3. The van der Waals surface area contributed by atoms with E-state index in [1.165, 1.54) is 29.5 Å². The van der Waals surface area contributed by atoms with Gasteiger partial charge in [0.2, 0.25) is 0 Å². The van der Waals surface area contributed by atoms with Gasteiger partial charge in [0.1, 0.15) is 5.82 Å². The first-order chi connectivity index (χ1) is 15.7. The van der Waals surface area contributed by atoms with Gasteiger partial charge in [-0.3, -0.25) is 4.90 Å². The Morgan fingerprint density at radius 3 is 2.66 bits per heavy atom. The molecule has 4 aromatic rings. The van der Waals surface area contributed by atoms with Gasteiger partial charge in [-0.05, 0) is 59.7 Å². The number of hydrogen-bond donors (Lipinski definition) is 2. The standard InChI is InChI=1S/C27H25ClN4/c28-23-12-9-18(13-22(23)27-30-15-25(31-27)17-5-2-1-3-6-17)26-14-21-19(7-4-8-24(21)29)16-32(26)20-10-11-20/h1-9,12-13,15,20,26H,10-11,14,16,29H2,(H,30,31). The SMILES string of the molecule is Nc1cccc2c1CC(c1ccc(Cl)c(-c3ncc(-c4ccccc4)[nH]3)c1)N(C1CC1)C2. The molecule has 1 unspecified atom stereocenters. The molecule has 6 rings (SSSR count). The number of aromatic nitrogens is 2. The molecular formula is C27H25ClN4. The van der Waals surface area contributed by atoms with Crippen molar-refractivity contribution in [3.05, 3.63) is 94.6 Å². The average Bonchev–Trinajstić information content (AvgIpc) is 3.56. The Morgan fingerprint density at radius 1 is 1.00 bits per heavy atom. The molecule has 1 aliphatic carbocycles. The molecule has 1 saturated carbocycles. The molecule has 1 aliphatic heterocycles. The summed E-state index contributed by atoms with van der Waals surface area (Å²) in [6, 6.07) is 23.9. The Labute approximate surface area is 193 Å². The van der Waals surface area contributed by atoms with E-state index in [0.29, 0.717) is 17.1 Å². The summed E-state index contributed by atoms with van der Waals surface area (Å²) in [6.07, 6.45) is 5.34. The van der Waals surface area contributed by atoms with Crippen LogP contribution in [-0.2, 0) is 13.0 Å². The van der Waals surface area contributed by atoms with Crippen LogP contribution in [0.4, 0.5) is 5.69 Å². The third kappa shape index (κ3) is 3.50. The number of fused-ring (bicyclic) bond motifs is 1. The lowest BCUT2D eigenvalue weighted by Gasteiger charge is -2.38. The first kappa shape index (κ1) is 19.6. The number of H-pyrrole nitrogens is 1. The molecule has 1 atom stereocenters. The minimum atomic E-state index is 0.291. The molecule has 32 heavy (non-hydrogen) atoms. The van der Waals surface area contributed by atoms with Crippen molar-refractivity contribution in [2.24, 2.45) is 0 Å². The summed E-state index contributed by atoms with van der Waals surface area (Å²) < 4.78 is 0. The third-order valence-corrected chi connectivity index (χ3v) is 7.10. The lowest BCUT2D eigenvalue weighted by molar-refractivity contribution is 0.162. The summed E-state index contributed by atoms with van der Waals surface area (Å²) in [5, 5.41) is 0.705. The van der Waals surface area contributed by atoms with Gasteiger partial charge in [0, 0.05) is 29.9 Å². The van der Waals surface area contributed by atoms with Crippen LogP contribution in [0.1, 0.15) is 35.6 Å². The number of imidazole rings is 1. The monoisotopic (exact) mass is 440 g/mol. The highest BCUT2D eigenvalue weighted by molar-refractivity contribution is 6.33. The van der Waals surface area contributed by atoms with Crippen molar-refractivity contribution < 1.29 is 0 Å². The largest absolute Gasteiger partial charge is 0.398 e. The predicted octanol–water partition coefficient (Wildman–Crippen LogP) is 6.24. The first-order valence-electron chi connectivity index (χ1n) is 11.2. The Morgan fingerprint density at radius 2 is 1.84 bits per heavy atom. The van der Waals surface area contributed by atoms with E-state index in [0.717, 1.165) is 41.3 Å². The number of nitrogen functional groups attached to an aromatic ring is 1. The van der Waals surface area contributed by atoms with Crippen molar-refractivity contribution in [1.82, 2.24) is 14.9 Å². The molecule has 0 bridgehead atoms. The van der Waals surface area contributed by atoms with E-state index in [-0.39, 0.29) is 0 Å². The number of anilines is 1. The molecule has 5 heteroatoms. The van der Waals surface area contributed by atoms with E-state index in [9.17, 15) is 0 Å².